The standard InChI is InChI=1S/C32H23N5O/c1-36-20-28(34-21-36)23-15-17-25(18-16-23)35-31(24-13-11-22(19-33)12-14-24)30-27-9-5-6-10-29(27)37(32(30)38)26-7-3-2-4-8-26/h2-18,20-21,35H,1H3. The van der Waals surface area contributed by atoms with Gasteiger partial charge in [-0.2, -0.15) is 5.26 Å². The van der Waals surface area contributed by atoms with Crippen molar-refractivity contribution in [2.75, 3.05) is 10.2 Å². The number of aromatic nitrogens is 2. The summed E-state index contributed by atoms with van der Waals surface area (Å²) in [6.07, 6.45) is 3.75. The summed E-state index contributed by atoms with van der Waals surface area (Å²) in [5.41, 5.74) is 7.82. The van der Waals surface area contributed by atoms with Crippen molar-refractivity contribution in [1.29, 1.82) is 5.26 Å². The molecule has 5 aromatic rings. The van der Waals surface area contributed by atoms with Crippen molar-refractivity contribution in [2.45, 2.75) is 0 Å². The molecule has 0 saturated carbocycles. The van der Waals surface area contributed by atoms with Gasteiger partial charge in [0.25, 0.3) is 5.91 Å². The molecule has 0 radical (unpaired) electrons. The van der Waals surface area contributed by atoms with Crippen LogP contribution in [0.25, 0.3) is 22.5 Å². The van der Waals surface area contributed by atoms with Crippen molar-refractivity contribution in [2.24, 2.45) is 7.05 Å². The van der Waals surface area contributed by atoms with E-state index < -0.39 is 0 Å². The molecule has 2 heterocycles. The number of para-hydroxylation sites is 2. The van der Waals surface area contributed by atoms with Crippen molar-refractivity contribution < 1.29 is 4.79 Å². The van der Waals surface area contributed by atoms with E-state index in [-0.39, 0.29) is 5.91 Å². The van der Waals surface area contributed by atoms with E-state index in [4.69, 9.17) is 0 Å². The molecule has 1 N–H and O–H groups in total. The quantitative estimate of drug-likeness (QED) is 0.279. The summed E-state index contributed by atoms with van der Waals surface area (Å²) in [6.45, 7) is 0. The maximum absolute atomic E-state index is 14.1. The maximum atomic E-state index is 14.1. The molecule has 0 aliphatic carbocycles. The highest BCUT2D eigenvalue weighted by atomic mass is 16.2. The SMILES string of the molecule is Cn1cnc(-c2ccc(NC(=C3C(=O)N(c4ccccc4)c4ccccc43)c3ccc(C#N)cc3)cc2)c1. The van der Waals surface area contributed by atoms with Crippen molar-refractivity contribution in [1.82, 2.24) is 9.55 Å². The van der Waals surface area contributed by atoms with Crippen LogP contribution in [0.5, 0.6) is 0 Å². The van der Waals surface area contributed by atoms with Gasteiger partial charge in [0.1, 0.15) is 0 Å². The van der Waals surface area contributed by atoms with Crippen LogP contribution < -0.4 is 10.2 Å². The highest BCUT2D eigenvalue weighted by Gasteiger charge is 2.36. The topological polar surface area (TPSA) is 74.0 Å². The van der Waals surface area contributed by atoms with Gasteiger partial charge in [-0.15, -0.1) is 0 Å². The summed E-state index contributed by atoms with van der Waals surface area (Å²) >= 11 is 0. The van der Waals surface area contributed by atoms with Gasteiger partial charge in [-0.25, -0.2) is 4.98 Å². The minimum absolute atomic E-state index is 0.116. The number of rotatable bonds is 5. The molecule has 182 valence electrons. The first-order valence-corrected chi connectivity index (χ1v) is 12.2. The lowest BCUT2D eigenvalue weighted by molar-refractivity contribution is -0.112. The van der Waals surface area contributed by atoms with Crippen LogP contribution in [0, 0.1) is 11.3 Å². The molecule has 0 saturated heterocycles. The second-order valence-corrected chi connectivity index (χ2v) is 9.06. The number of fused-ring (bicyclic) bond motifs is 1. The lowest BCUT2D eigenvalue weighted by atomic mass is 9.99. The van der Waals surface area contributed by atoms with E-state index in [1.165, 1.54) is 0 Å². The number of aryl methyl sites for hydroxylation is 1. The van der Waals surface area contributed by atoms with Crippen LogP contribution in [0.1, 0.15) is 16.7 Å². The van der Waals surface area contributed by atoms with Crippen LogP contribution in [0.15, 0.2) is 116 Å². The van der Waals surface area contributed by atoms with Crippen LogP contribution in [0.2, 0.25) is 0 Å². The van der Waals surface area contributed by atoms with Gasteiger partial charge in [0.05, 0.1) is 40.6 Å². The monoisotopic (exact) mass is 493 g/mol. The maximum Gasteiger partial charge on any atom is 0.265 e. The zero-order valence-electron chi connectivity index (χ0n) is 20.7. The first-order valence-electron chi connectivity index (χ1n) is 12.2. The van der Waals surface area contributed by atoms with Gasteiger partial charge in [-0.3, -0.25) is 9.69 Å². The molecule has 6 rings (SSSR count). The summed E-state index contributed by atoms with van der Waals surface area (Å²) in [6, 6.07) is 34.9. The van der Waals surface area contributed by atoms with Crippen molar-refractivity contribution in [3.63, 3.8) is 0 Å². The minimum Gasteiger partial charge on any atom is -0.354 e. The number of hydrogen-bond acceptors (Lipinski definition) is 4. The molecule has 0 atom stereocenters. The largest absolute Gasteiger partial charge is 0.354 e. The van der Waals surface area contributed by atoms with E-state index >= 15 is 0 Å². The van der Waals surface area contributed by atoms with Crippen LogP contribution in [0.4, 0.5) is 17.1 Å². The molecule has 1 amide bonds. The molecule has 1 aliphatic rings. The third-order valence-corrected chi connectivity index (χ3v) is 6.55. The van der Waals surface area contributed by atoms with E-state index in [9.17, 15) is 10.1 Å². The highest BCUT2D eigenvalue weighted by molar-refractivity contribution is 6.40. The normalized spacial score (nSPS) is 13.7. The van der Waals surface area contributed by atoms with E-state index in [0.717, 1.165) is 39.4 Å². The first kappa shape index (κ1) is 23.0. The Morgan fingerprint density at radius 1 is 0.868 bits per heavy atom. The molecule has 0 spiro atoms. The second kappa shape index (κ2) is 9.57. The minimum atomic E-state index is -0.116. The van der Waals surface area contributed by atoms with Gasteiger partial charge < -0.3 is 9.88 Å². The summed E-state index contributed by atoms with van der Waals surface area (Å²) in [7, 11) is 1.94. The van der Waals surface area contributed by atoms with Crippen LogP contribution in [-0.2, 0) is 11.8 Å². The molecule has 1 aromatic heterocycles. The number of nitrogens with zero attached hydrogens (tertiary/aromatic N) is 4. The Morgan fingerprint density at radius 3 is 2.26 bits per heavy atom. The average Bonchev–Trinajstić information content (AvgIpc) is 3.53. The Labute approximate surface area is 220 Å². The molecular formula is C32H23N5O. The fourth-order valence-corrected chi connectivity index (χ4v) is 4.71. The Balaban J connectivity index is 1.49. The first-order chi connectivity index (χ1) is 18.6. The Bertz CT molecular complexity index is 1710. The Hall–Kier alpha value is -5.41. The summed E-state index contributed by atoms with van der Waals surface area (Å²) < 4.78 is 1.91. The molecule has 6 heteroatoms. The Kier molecular flexibility index (Phi) is 5.79. The molecule has 0 bridgehead atoms. The van der Waals surface area contributed by atoms with E-state index in [0.29, 0.717) is 16.8 Å². The summed E-state index contributed by atoms with van der Waals surface area (Å²) in [5, 5.41) is 12.8. The van der Waals surface area contributed by atoms with Crippen molar-refractivity contribution in [3.05, 3.63) is 132 Å². The molecule has 1 aliphatic heterocycles. The van der Waals surface area contributed by atoms with Gasteiger partial charge in [-0.1, -0.05) is 60.7 Å². The number of carbonyl (C=O) groups excluding carboxylic acids is 1. The average molecular weight is 494 g/mol. The third-order valence-electron chi connectivity index (χ3n) is 6.55. The van der Waals surface area contributed by atoms with Gasteiger partial charge in [-0.05, 0) is 48.0 Å². The smallest absolute Gasteiger partial charge is 0.265 e. The molecule has 6 nitrogen and oxygen atoms in total. The summed E-state index contributed by atoms with van der Waals surface area (Å²) in [5.74, 6) is -0.116. The van der Waals surface area contributed by atoms with Gasteiger partial charge in [0.15, 0.2) is 0 Å². The molecule has 0 unspecified atom stereocenters. The Morgan fingerprint density at radius 2 is 1.58 bits per heavy atom. The molecular weight excluding hydrogens is 470 g/mol. The lowest BCUT2D eigenvalue weighted by Gasteiger charge is -2.18. The number of nitrogens with one attached hydrogen (secondary N) is 1. The highest BCUT2D eigenvalue weighted by Crippen LogP contribution is 2.44. The predicted molar refractivity (Wildman–Crippen MR) is 150 cm³/mol. The number of amides is 1. The number of imidazole rings is 1. The fourth-order valence-electron chi connectivity index (χ4n) is 4.71. The number of benzene rings is 4. The summed E-state index contributed by atoms with van der Waals surface area (Å²) in [4.78, 5) is 20.3. The van der Waals surface area contributed by atoms with Gasteiger partial charge >= 0.3 is 0 Å². The number of nitriles is 1. The van der Waals surface area contributed by atoms with Crippen LogP contribution in [-0.4, -0.2) is 15.5 Å². The van der Waals surface area contributed by atoms with Crippen LogP contribution >= 0.6 is 0 Å². The number of anilines is 3. The second-order valence-electron chi connectivity index (χ2n) is 9.06. The zero-order chi connectivity index (χ0) is 26.1. The fraction of sp³-hybridized carbons (Fsp3) is 0.0312. The lowest BCUT2D eigenvalue weighted by Crippen LogP contribution is -2.21. The van der Waals surface area contributed by atoms with E-state index in [1.54, 1.807) is 23.4 Å². The van der Waals surface area contributed by atoms with Crippen molar-refractivity contribution in [3.8, 4) is 17.3 Å². The van der Waals surface area contributed by atoms with Gasteiger partial charge in [0.2, 0.25) is 0 Å². The zero-order valence-corrected chi connectivity index (χ0v) is 20.7. The molecule has 4 aromatic carbocycles. The predicted octanol–water partition coefficient (Wildman–Crippen LogP) is 6.62. The van der Waals surface area contributed by atoms with Gasteiger partial charge in [0, 0.05) is 35.7 Å². The number of hydrogen-bond donors (Lipinski definition) is 1. The van der Waals surface area contributed by atoms with Crippen LogP contribution in [0.3, 0.4) is 0 Å². The third kappa shape index (κ3) is 4.12. The van der Waals surface area contributed by atoms with E-state index in [1.807, 2.05) is 109 Å². The van der Waals surface area contributed by atoms with E-state index in [2.05, 4.69) is 16.4 Å². The van der Waals surface area contributed by atoms with Crippen molar-refractivity contribution >= 4 is 34.2 Å². The molecule has 0 fully saturated rings. The number of carbonyl (C=O) groups is 1. The molecule has 38 heavy (non-hydrogen) atoms.